The Hall–Kier alpha value is -4.94. The maximum atomic E-state index is 12.2. The van der Waals surface area contributed by atoms with Gasteiger partial charge in [-0.2, -0.15) is 4.98 Å². The molecular formula is C27H31N7O6. The van der Waals surface area contributed by atoms with Crippen molar-refractivity contribution in [1.82, 2.24) is 19.5 Å². The summed E-state index contributed by atoms with van der Waals surface area (Å²) in [4.78, 5) is 28.1. The van der Waals surface area contributed by atoms with Gasteiger partial charge in [0.25, 0.3) is 0 Å². The van der Waals surface area contributed by atoms with E-state index in [1.165, 1.54) is 0 Å². The number of nitrogens with zero attached hydrogens (tertiary/aromatic N) is 5. The lowest BCUT2D eigenvalue weighted by molar-refractivity contribution is -0.119. The molecule has 5 rings (SSSR count). The van der Waals surface area contributed by atoms with E-state index in [0.717, 1.165) is 12.1 Å². The fraction of sp³-hybridized carbons (Fsp3) is 0.333. The third-order valence-electron chi connectivity index (χ3n) is 6.80. The molecule has 1 fully saturated rings. The van der Waals surface area contributed by atoms with Gasteiger partial charge in [-0.15, -0.1) is 0 Å². The summed E-state index contributed by atoms with van der Waals surface area (Å²) in [6.07, 6.45) is 4.89. The molecule has 13 heteroatoms. The van der Waals surface area contributed by atoms with E-state index in [-0.39, 0.29) is 0 Å². The zero-order chi connectivity index (χ0) is 28.4. The Labute approximate surface area is 230 Å². The predicted octanol–water partition coefficient (Wildman–Crippen LogP) is 3.06. The fourth-order valence-corrected chi connectivity index (χ4v) is 4.89. The number of nitrogens with one attached hydrogen (secondary N) is 1. The summed E-state index contributed by atoms with van der Waals surface area (Å²) in [6.45, 7) is 0.628. The second-order valence-corrected chi connectivity index (χ2v) is 9.02. The Kier molecular flexibility index (Phi) is 7.36. The lowest BCUT2D eigenvalue weighted by Gasteiger charge is -2.25. The fourth-order valence-electron chi connectivity index (χ4n) is 4.89. The van der Waals surface area contributed by atoms with E-state index in [9.17, 15) is 4.79 Å². The van der Waals surface area contributed by atoms with Gasteiger partial charge in [0.05, 0.1) is 52.9 Å². The van der Waals surface area contributed by atoms with Gasteiger partial charge in [-0.05, 0) is 18.9 Å². The lowest BCUT2D eigenvalue weighted by Crippen LogP contribution is -2.41. The first kappa shape index (κ1) is 26.7. The molecule has 0 radical (unpaired) electrons. The van der Waals surface area contributed by atoms with Gasteiger partial charge in [-0.1, -0.05) is 0 Å². The standard InChI is InChI=1S/C27H31N7O6/c1-36-19-11-16-17(12-20(19)37-2)30-27(32-26(16)34-8-6-7-18(34)25(28)35)31-23-13-33(14-29-23)15-9-21(38-3)24(40-5)22(10-15)39-4/h9-14,18H,6-8H2,1-5H3,(H2,28,35)(H,30,31,32)/t18-/m0/s1. The van der Waals surface area contributed by atoms with Gasteiger partial charge in [-0.25, -0.2) is 9.97 Å². The molecular weight excluding hydrogens is 518 g/mol. The zero-order valence-electron chi connectivity index (χ0n) is 22.9. The highest BCUT2D eigenvalue weighted by atomic mass is 16.5. The number of primary amides is 1. The summed E-state index contributed by atoms with van der Waals surface area (Å²) in [5.74, 6) is 3.52. The van der Waals surface area contributed by atoms with Crippen LogP contribution >= 0.6 is 0 Å². The number of nitrogens with two attached hydrogens (primary N) is 1. The first-order valence-corrected chi connectivity index (χ1v) is 12.5. The summed E-state index contributed by atoms with van der Waals surface area (Å²) in [7, 11) is 7.79. The first-order chi connectivity index (χ1) is 19.4. The number of ether oxygens (including phenoxy) is 5. The topological polar surface area (TPSA) is 148 Å². The number of carbonyl (C=O) groups is 1. The van der Waals surface area contributed by atoms with Crippen LogP contribution in [0.5, 0.6) is 28.7 Å². The SMILES string of the molecule is COc1cc2nc(Nc3cn(-c4cc(OC)c(OC)c(OC)c4)cn3)nc(N3CCC[C@H]3C(N)=O)c2cc1OC. The van der Waals surface area contributed by atoms with Gasteiger partial charge >= 0.3 is 0 Å². The van der Waals surface area contributed by atoms with Gasteiger partial charge in [-0.3, -0.25) is 4.79 Å². The van der Waals surface area contributed by atoms with Crippen LogP contribution in [0.25, 0.3) is 16.6 Å². The smallest absolute Gasteiger partial charge is 0.240 e. The summed E-state index contributed by atoms with van der Waals surface area (Å²) in [5, 5.41) is 3.89. The highest BCUT2D eigenvalue weighted by molar-refractivity contribution is 5.95. The van der Waals surface area contributed by atoms with Crippen molar-refractivity contribution in [3.05, 3.63) is 36.8 Å². The molecule has 0 spiro atoms. The molecule has 1 aliphatic rings. The van der Waals surface area contributed by atoms with Crippen LogP contribution in [-0.4, -0.2) is 73.6 Å². The second-order valence-electron chi connectivity index (χ2n) is 9.02. The number of aromatic nitrogens is 4. The third-order valence-corrected chi connectivity index (χ3v) is 6.80. The summed E-state index contributed by atoms with van der Waals surface area (Å²) in [5.41, 5.74) is 7.07. The molecule has 4 aromatic rings. The summed E-state index contributed by atoms with van der Waals surface area (Å²) >= 11 is 0. The summed E-state index contributed by atoms with van der Waals surface area (Å²) < 4.78 is 29.2. The van der Waals surface area contributed by atoms with Crippen molar-refractivity contribution >= 4 is 34.4 Å². The molecule has 2 aromatic carbocycles. The number of rotatable bonds is 10. The Morgan fingerprint density at radius 2 is 1.60 bits per heavy atom. The minimum Gasteiger partial charge on any atom is -0.493 e. The largest absolute Gasteiger partial charge is 0.493 e. The van der Waals surface area contributed by atoms with Gasteiger partial charge in [0.2, 0.25) is 17.6 Å². The van der Waals surface area contributed by atoms with E-state index in [0.29, 0.717) is 70.2 Å². The molecule has 1 atom stereocenters. The lowest BCUT2D eigenvalue weighted by atomic mass is 10.1. The quantitative estimate of drug-likeness (QED) is 0.301. The molecule has 40 heavy (non-hydrogen) atoms. The average Bonchev–Trinajstić information content (AvgIpc) is 3.65. The average molecular weight is 550 g/mol. The van der Waals surface area contributed by atoms with Gasteiger partial charge in [0.15, 0.2) is 28.8 Å². The number of fused-ring (bicyclic) bond motifs is 1. The van der Waals surface area contributed by atoms with E-state index in [1.54, 1.807) is 58.7 Å². The van der Waals surface area contributed by atoms with Crippen molar-refractivity contribution in [3.63, 3.8) is 0 Å². The molecule has 13 nitrogen and oxygen atoms in total. The number of amides is 1. The van der Waals surface area contributed by atoms with Crippen LogP contribution in [0, 0.1) is 0 Å². The molecule has 1 amide bonds. The van der Waals surface area contributed by atoms with E-state index in [2.05, 4.69) is 10.3 Å². The number of imidazole rings is 1. The number of anilines is 3. The highest BCUT2D eigenvalue weighted by Crippen LogP contribution is 2.40. The molecule has 1 aliphatic heterocycles. The minimum atomic E-state index is -0.474. The molecule has 2 aromatic heterocycles. The van der Waals surface area contributed by atoms with Crippen molar-refractivity contribution < 1.29 is 28.5 Å². The number of benzene rings is 2. The first-order valence-electron chi connectivity index (χ1n) is 12.5. The van der Waals surface area contributed by atoms with Crippen LogP contribution < -0.4 is 39.6 Å². The third kappa shape index (κ3) is 4.81. The second kappa shape index (κ2) is 11.0. The normalized spacial score (nSPS) is 14.7. The minimum absolute atomic E-state index is 0.292. The molecule has 0 unspecified atom stereocenters. The van der Waals surface area contributed by atoms with Crippen LogP contribution in [0.1, 0.15) is 12.8 Å². The predicted molar refractivity (Wildman–Crippen MR) is 149 cm³/mol. The van der Waals surface area contributed by atoms with Crippen LogP contribution in [0.4, 0.5) is 17.6 Å². The maximum Gasteiger partial charge on any atom is 0.240 e. The molecule has 3 N–H and O–H groups in total. The van der Waals surface area contributed by atoms with Crippen molar-refractivity contribution in [1.29, 1.82) is 0 Å². The Morgan fingerprint density at radius 3 is 2.23 bits per heavy atom. The molecule has 0 bridgehead atoms. The van der Waals surface area contributed by atoms with Gasteiger partial charge < -0.3 is 44.2 Å². The van der Waals surface area contributed by atoms with Gasteiger partial charge in [0.1, 0.15) is 18.2 Å². The van der Waals surface area contributed by atoms with Crippen LogP contribution in [0.3, 0.4) is 0 Å². The molecule has 0 saturated carbocycles. The summed E-state index contributed by atoms with van der Waals surface area (Å²) in [6, 6.07) is 6.73. The van der Waals surface area contributed by atoms with Crippen LogP contribution in [0.15, 0.2) is 36.8 Å². The number of methoxy groups -OCH3 is 5. The number of carbonyl (C=O) groups excluding carboxylic acids is 1. The van der Waals surface area contributed by atoms with Crippen molar-refractivity contribution in [3.8, 4) is 34.4 Å². The van der Waals surface area contributed by atoms with E-state index in [1.807, 2.05) is 23.1 Å². The molecule has 3 heterocycles. The molecule has 1 saturated heterocycles. The van der Waals surface area contributed by atoms with Crippen molar-refractivity contribution in [2.75, 3.05) is 52.3 Å². The van der Waals surface area contributed by atoms with Crippen LogP contribution in [-0.2, 0) is 4.79 Å². The van der Waals surface area contributed by atoms with Crippen LogP contribution in [0.2, 0.25) is 0 Å². The van der Waals surface area contributed by atoms with Gasteiger partial charge in [0, 0.05) is 30.1 Å². The zero-order valence-corrected chi connectivity index (χ0v) is 22.9. The van der Waals surface area contributed by atoms with E-state index < -0.39 is 11.9 Å². The molecule has 0 aliphatic carbocycles. The van der Waals surface area contributed by atoms with E-state index in [4.69, 9.17) is 39.4 Å². The Balaban J connectivity index is 1.55. The Morgan fingerprint density at radius 1 is 0.925 bits per heavy atom. The maximum absolute atomic E-state index is 12.2. The van der Waals surface area contributed by atoms with Crippen molar-refractivity contribution in [2.45, 2.75) is 18.9 Å². The van der Waals surface area contributed by atoms with Crippen molar-refractivity contribution in [2.24, 2.45) is 5.73 Å². The number of hydrogen-bond donors (Lipinski definition) is 2. The molecule has 210 valence electrons. The monoisotopic (exact) mass is 549 g/mol. The van der Waals surface area contributed by atoms with E-state index >= 15 is 0 Å². The Bertz CT molecular complexity index is 1530. The number of hydrogen-bond acceptors (Lipinski definition) is 11. The highest BCUT2D eigenvalue weighted by Gasteiger charge is 2.32.